The van der Waals surface area contributed by atoms with Gasteiger partial charge in [0, 0.05) is 31.5 Å². The highest BCUT2D eigenvalue weighted by Crippen LogP contribution is 2.21. The fourth-order valence-corrected chi connectivity index (χ4v) is 2.52. The molecule has 1 saturated heterocycles. The maximum Gasteiger partial charge on any atom is 0.0300 e. The van der Waals surface area contributed by atoms with Crippen molar-refractivity contribution in [1.82, 2.24) is 9.88 Å². The molecule has 3 nitrogen and oxygen atoms in total. The Labute approximate surface area is 97.7 Å². The van der Waals surface area contributed by atoms with E-state index in [0.717, 1.165) is 26.1 Å². The van der Waals surface area contributed by atoms with Crippen LogP contribution in [0.5, 0.6) is 0 Å². The quantitative estimate of drug-likeness (QED) is 0.830. The van der Waals surface area contributed by atoms with Crippen molar-refractivity contribution in [3.63, 3.8) is 0 Å². The minimum atomic E-state index is 0.685. The average molecular weight is 219 g/mol. The number of pyridine rings is 1. The van der Waals surface area contributed by atoms with Crippen molar-refractivity contribution in [3.8, 4) is 0 Å². The van der Waals surface area contributed by atoms with Gasteiger partial charge in [0.2, 0.25) is 0 Å². The monoisotopic (exact) mass is 219 g/mol. The molecule has 0 amide bonds. The highest BCUT2D eigenvalue weighted by atomic mass is 15.2. The molecule has 1 fully saturated rings. The molecule has 0 radical (unpaired) electrons. The zero-order chi connectivity index (χ0) is 11.4. The van der Waals surface area contributed by atoms with E-state index in [1.807, 2.05) is 18.5 Å². The van der Waals surface area contributed by atoms with Crippen LogP contribution in [0.1, 0.15) is 18.9 Å². The number of likely N-dealkylation sites (tertiary alicyclic amines) is 1. The van der Waals surface area contributed by atoms with E-state index in [9.17, 15) is 0 Å². The first-order valence-corrected chi connectivity index (χ1v) is 6.12. The Morgan fingerprint density at radius 2 is 2.44 bits per heavy atom. The van der Waals surface area contributed by atoms with E-state index >= 15 is 0 Å². The zero-order valence-corrected chi connectivity index (χ0v) is 9.97. The number of nitrogens with zero attached hydrogens (tertiary/aromatic N) is 2. The fraction of sp³-hybridized carbons (Fsp3) is 0.615. The summed E-state index contributed by atoms with van der Waals surface area (Å²) in [6.45, 7) is 5.42. The van der Waals surface area contributed by atoms with E-state index in [2.05, 4.69) is 22.9 Å². The summed E-state index contributed by atoms with van der Waals surface area (Å²) in [5.74, 6) is 0.698. The molecule has 0 spiro atoms. The molecule has 2 unspecified atom stereocenters. The van der Waals surface area contributed by atoms with Gasteiger partial charge in [0.25, 0.3) is 0 Å². The lowest BCUT2D eigenvalue weighted by atomic mass is 10.1. The van der Waals surface area contributed by atoms with Crippen molar-refractivity contribution < 1.29 is 0 Å². The number of rotatable bonds is 4. The van der Waals surface area contributed by atoms with Crippen LogP contribution in [0.15, 0.2) is 24.5 Å². The van der Waals surface area contributed by atoms with E-state index in [1.54, 1.807) is 0 Å². The van der Waals surface area contributed by atoms with Crippen LogP contribution in [0.3, 0.4) is 0 Å². The molecule has 16 heavy (non-hydrogen) atoms. The standard InChI is InChI=1S/C13H21N3/c1-11-7-13(8-14)10-16(11)6-4-12-3-2-5-15-9-12/h2-3,5,9,11,13H,4,6-8,10,14H2,1H3. The summed E-state index contributed by atoms with van der Waals surface area (Å²) in [6, 6.07) is 4.84. The topological polar surface area (TPSA) is 42.1 Å². The van der Waals surface area contributed by atoms with E-state index < -0.39 is 0 Å². The number of hydrogen-bond donors (Lipinski definition) is 1. The van der Waals surface area contributed by atoms with Crippen molar-refractivity contribution in [2.24, 2.45) is 11.7 Å². The van der Waals surface area contributed by atoms with Crippen LogP contribution in [0.2, 0.25) is 0 Å². The molecule has 3 heteroatoms. The van der Waals surface area contributed by atoms with E-state index in [-0.39, 0.29) is 0 Å². The van der Waals surface area contributed by atoms with Crippen LogP contribution >= 0.6 is 0 Å². The van der Waals surface area contributed by atoms with Crippen LogP contribution in [0.4, 0.5) is 0 Å². The highest BCUT2D eigenvalue weighted by molar-refractivity contribution is 5.08. The predicted molar refractivity (Wildman–Crippen MR) is 66.1 cm³/mol. The third-order valence-corrected chi connectivity index (χ3v) is 3.53. The first-order chi connectivity index (χ1) is 7.79. The van der Waals surface area contributed by atoms with Gasteiger partial charge < -0.3 is 5.73 Å². The summed E-state index contributed by atoms with van der Waals surface area (Å²) >= 11 is 0. The first-order valence-electron chi connectivity index (χ1n) is 6.12. The van der Waals surface area contributed by atoms with Crippen LogP contribution in [0, 0.1) is 5.92 Å². The Balaban J connectivity index is 1.82. The molecule has 1 aliphatic heterocycles. The molecule has 88 valence electrons. The third-order valence-electron chi connectivity index (χ3n) is 3.53. The van der Waals surface area contributed by atoms with Crippen molar-refractivity contribution >= 4 is 0 Å². The summed E-state index contributed by atoms with van der Waals surface area (Å²) in [5, 5.41) is 0. The maximum absolute atomic E-state index is 5.73. The molecule has 0 saturated carbocycles. The molecular weight excluding hydrogens is 198 g/mol. The molecule has 2 atom stereocenters. The lowest BCUT2D eigenvalue weighted by Crippen LogP contribution is -2.30. The molecule has 1 aliphatic rings. The fourth-order valence-electron chi connectivity index (χ4n) is 2.52. The molecule has 1 aromatic heterocycles. The largest absolute Gasteiger partial charge is 0.330 e. The van der Waals surface area contributed by atoms with Gasteiger partial charge in [0.15, 0.2) is 0 Å². The van der Waals surface area contributed by atoms with Crippen LogP contribution in [-0.2, 0) is 6.42 Å². The molecule has 2 N–H and O–H groups in total. The van der Waals surface area contributed by atoms with Gasteiger partial charge in [-0.3, -0.25) is 9.88 Å². The van der Waals surface area contributed by atoms with Crippen molar-refractivity contribution in [3.05, 3.63) is 30.1 Å². The minimum Gasteiger partial charge on any atom is -0.330 e. The molecular formula is C13H21N3. The van der Waals surface area contributed by atoms with Crippen LogP contribution in [-0.4, -0.2) is 35.6 Å². The summed E-state index contributed by atoms with van der Waals surface area (Å²) in [5.41, 5.74) is 7.05. The second kappa shape index (κ2) is 5.41. The maximum atomic E-state index is 5.73. The lowest BCUT2D eigenvalue weighted by molar-refractivity contribution is 0.268. The molecule has 0 aliphatic carbocycles. The van der Waals surface area contributed by atoms with Gasteiger partial charge in [-0.15, -0.1) is 0 Å². The van der Waals surface area contributed by atoms with E-state index in [1.165, 1.54) is 12.0 Å². The van der Waals surface area contributed by atoms with Gasteiger partial charge in [-0.05, 0) is 43.9 Å². The van der Waals surface area contributed by atoms with E-state index in [4.69, 9.17) is 5.73 Å². The summed E-state index contributed by atoms with van der Waals surface area (Å²) in [4.78, 5) is 6.69. The second-order valence-electron chi connectivity index (χ2n) is 4.79. The minimum absolute atomic E-state index is 0.685. The normalized spacial score (nSPS) is 26.1. The predicted octanol–water partition coefficient (Wildman–Crippen LogP) is 1.29. The van der Waals surface area contributed by atoms with Gasteiger partial charge >= 0.3 is 0 Å². The Morgan fingerprint density at radius 3 is 3.06 bits per heavy atom. The van der Waals surface area contributed by atoms with Crippen molar-refractivity contribution in [2.75, 3.05) is 19.6 Å². The Bertz CT molecular complexity index is 312. The molecule has 0 aromatic carbocycles. The smallest absolute Gasteiger partial charge is 0.0300 e. The van der Waals surface area contributed by atoms with E-state index in [0.29, 0.717) is 12.0 Å². The lowest BCUT2D eigenvalue weighted by Gasteiger charge is -2.20. The summed E-state index contributed by atoms with van der Waals surface area (Å²) in [7, 11) is 0. The molecule has 0 bridgehead atoms. The van der Waals surface area contributed by atoms with Gasteiger partial charge in [-0.2, -0.15) is 0 Å². The van der Waals surface area contributed by atoms with Crippen LogP contribution in [0.25, 0.3) is 0 Å². The molecule has 2 rings (SSSR count). The number of hydrogen-bond acceptors (Lipinski definition) is 3. The van der Waals surface area contributed by atoms with Crippen LogP contribution < -0.4 is 5.73 Å². The Morgan fingerprint density at radius 1 is 1.56 bits per heavy atom. The van der Waals surface area contributed by atoms with Gasteiger partial charge in [-0.25, -0.2) is 0 Å². The zero-order valence-electron chi connectivity index (χ0n) is 9.97. The molecule has 1 aromatic rings. The number of aromatic nitrogens is 1. The number of nitrogens with two attached hydrogens (primary N) is 1. The van der Waals surface area contributed by atoms with Gasteiger partial charge in [-0.1, -0.05) is 6.07 Å². The van der Waals surface area contributed by atoms with Crippen molar-refractivity contribution in [2.45, 2.75) is 25.8 Å². The second-order valence-corrected chi connectivity index (χ2v) is 4.79. The Kier molecular flexibility index (Phi) is 3.91. The summed E-state index contributed by atoms with van der Waals surface area (Å²) < 4.78 is 0. The SMILES string of the molecule is CC1CC(CN)CN1CCc1cccnc1. The average Bonchev–Trinajstić information content (AvgIpc) is 2.69. The van der Waals surface area contributed by atoms with Gasteiger partial charge in [0.05, 0.1) is 0 Å². The van der Waals surface area contributed by atoms with Crippen molar-refractivity contribution in [1.29, 1.82) is 0 Å². The first kappa shape index (κ1) is 11.6. The van der Waals surface area contributed by atoms with Gasteiger partial charge in [0.1, 0.15) is 0 Å². The Hall–Kier alpha value is -0.930. The summed E-state index contributed by atoms with van der Waals surface area (Å²) in [6.07, 6.45) is 6.13. The highest BCUT2D eigenvalue weighted by Gasteiger charge is 2.27. The third kappa shape index (κ3) is 2.80. The molecule has 2 heterocycles.